The number of phenolic OH excluding ortho intramolecular Hbond substituents is 1. The van der Waals surface area contributed by atoms with Crippen molar-refractivity contribution in [3.05, 3.63) is 95.0 Å². The van der Waals surface area contributed by atoms with Gasteiger partial charge in [-0.2, -0.15) is 0 Å². The van der Waals surface area contributed by atoms with E-state index in [9.17, 15) is 19.8 Å². The molecular formula is C42H46N8O6S. The number of hydrogen-bond acceptors (Lipinski definition) is 12. The van der Waals surface area contributed by atoms with Gasteiger partial charge in [0.25, 0.3) is 5.88 Å². The number of carbonyl (C=O) groups excluding carboxylic acids is 2. The summed E-state index contributed by atoms with van der Waals surface area (Å²) in [6, 6.07) is 19.9. The van der Waals surface area contributed by atoms with Gasteiger partial charge in [0.1, 0.15) is 23.8 Å². The van der Waals surface area contributed by atoms with Gasteiger partial charge in [-0.25, -0.2) is 4.98 Å². The number of nitrogens with zero attached hydrogens (tertiary/aromatic N) is 6. The second kappa shape index (κ2) is 15.7. The van der Waals surface area contributed by atoms with Gasteiger partial charge in [-0.1, -0.05) is 50.2 Å². The number of aryl methyl sites for hydroxylation is 1. The van der Waals surface area contributed by atoms with Crippen LogP contribution in [0.5, 0.6) is 11.6 Å². The Morgan fingerprint density at radius 3 is 2.61 bits per heavy atom. The van der Waals surface area contributed by atoms with Gasteiger partial charge in [-0.15, -0.1) is 21.5 Å². The van der Waals surface area contributed by atoms with Crippen LogP contribution < -0.4 is 10.1 Å². The first-order valence-corrected chi connectivity index (χ1v) is 20.1. The number of nitrogens with one attached hydrogen (secondary N) is 2. The molecule has 3 atom stereocenters. The van der Waals surface area contributed by atoms with Crippen molar-refractivity contribution in [1.29, 1.82) is 0 Å². The van der Waals surface area contributed by atoms with Crippen LogP contribution >= 0.6 is 11.3 Å². The maximum Gasteiger partial charge on any atom is 0.254 e. The molecule has 2 fully saturated rings. The van der Waals surface area contributed by atoms with E-state index in [0.29, 0.717) is 48.3 Å². The van der Waals surface area contributed by atoms with Crippen molar-refractivity contribution in [3.63, 3.8) is 0 Å². The average Bonchev–Trinajstić information content (AvgIpc) is 4.01. The van der Waals surface area contributed by atoms with E-state index in [4.69, 9.17) is 9.26 Å². The molecule has 0 aliphatic carbocycles. The Labute approximate surface area is 333 Å². The standard InChI is InChI=1S/C42H46N8O6S/c1-24(2)42(4,41(54)50-22-30(51)17-34(50)40(53)43-19-26-9-11-27(12-10-26)38-25(3)44-23-57-38)36-18-37(48-56-36)55-14-13-49-20-29(21-49)32-15-28-16-33(46-47-39(28)45-32)31-7-5-6-8-35(31)52/h5-12,15-16,18,23-24,29-30,34,51-52H,13-14,17,19-22H2,1-4H3,(H,43,53)(H,45,47)/t30-,34+,42+/m1/s1. The number of fused-ring (bicyclic) bond motifs is 1. The third-order valence-corrected chi connectivity index (χ3v) is 12.5. The smallest absolute Gasteiger partial charge is 0.254 e. The van der Waals surface area contributed by atoms with Crippen molar-refractivity contribution in [1.82, 2.24) is 40.4 Å². The molecule has 296 valence electrons. The fourth-order valence-electron chi connectivity index (χ4n) is 7.68. The largest absolute Gasteiger partial charge is 0.507 e. The Balaban J connectivity index is 0.846. The molecule has 0 spiro atoms. The molecule has 2 aliphatic rings. The van der Waals surface area contributed by atoms with Crippen LogP contribution in [0.1, 0.15) is 55.8 Å². The highest BCUT2D eigenvalue weighted by molar-refractivity contribution is 7.13. The van der Waals surface area contributed by atoms with Gasteiger partial charge >= 0.3 is 0 Å². The minimum atomic E-state index is -1.17. The second-order valence-electron chi connectivity index (χ2n) is 15.5. The lowest BCUT2D eigenvalue weighted by molar-refractivity contribution is -0.145. The van der Waals surface area contributed by atoms with Crippen molar-refractivity contribution in [2.45, 2.75) is 64.1 Å². The number of benzene rings is 2. The number of carbonyl (C=O) groups is 2. The molecule has 8 rings (SSSR count). The topological polar surface area (TPSA) is 183 Å². The predicted octanol–water partition coefficient (Wildman–Crippen LogP) is 5.42. The lowest BCUT2D eigenvalue weighted by Crippen LogP contribution is -2.53. The Morgan fingerprint density at radius 1 is 1.09 bits per heavy atom. The minimum absolute atomic E-state index is 0.0433. The molecule has 0 bridgehead atoms. The van der Waals surface area contributed by atoms with E-state index in [1.807, 2.05) is 68.7 Å². The Hall–Kier alpha value is -5.64. The van der Waals surface area contributed by atoms with Crippen molar-refractivity contribution >= 4 is 34.2 Å². The normalized spacial score (nSPS) is 18.5. The molecule has 2 saturated heterocycles. The molecule has 6 aromatic rings. The summed E-state index contributed by atoms with van der Waals surface area (Å²) < 4.78 is 11.7. The first-order valence-electron chi connectivity index (χ1n) is 19.2. The molecule has 4 aromatic heterocycles. The maximum atomic E-state index is 14.4. The number of para-hydroxylation sites is 1. The third-order valence-electron chi connectivity index (χ3n) is 11.5. The van der Waals surface area contributed by atoms with Crippen LogP contribution in [0, 0.1) is 12.8 Å². The number of aliphatic hydroxyl groups excluding tert-OH is 1. The predicted molar refractivity (Wildman–Crippen MR) is 215 cm³/mol. The van der Waals surface area contributed by atoms with Gasteiger partial charge < -0.3 is 34.7 Å². The molecule has 0 saturated carbocycles. The number of phenols is 1. The number of ether oxygens (including phenoxy) is 1. The number of amides is 2. The van der Waals surface area contributed by atoms with Crippen LogP contribution in [0.15, 0.2) is 76.8 Å². The van der Waals surface area contributed by atoms with Crippen molar-refractivity contribution in [2.24, 2.45) is 5.92 Å². The van der Waals surface area contributed by atoms with Gasteiger partial charge in [0.15, 0.2) is 11.4 Å². The highest BCUT2D eigenvalue weighted by atomic mass is 32.1. The van der Waals surface area contributed by atoms with Crippen molar-refractivity contribution < 1.29 is 29.1 Å². The average molecular weight is 791 g/mol. The fourth-order valence-corrected chi connectivity index (χ4v) is 8.49. The molecule has 14 nitrogen and oxygen atoms in total. The molecular weight excluding hydrogens is 745 g/mol. The first-order chi connectivity index (χ1) is 27.5. The lowest BCUT2D eigenvalue weighted by atomic mass is 9.75. The van der Waals surface area contributed by atoms with E-state index < -0.39 is 17.6 Å². The van der Waals surface area contributed by atoms with Gasteiger partial charge in [0.05, 0.1) is 27.9 Å². The van der Waals surface area contributed by atoms with E-state index in [1.54, 1.807) is 36.5 Å². The van der Waals surface area contributed by atoms with Crippen LogP contribution in [0.2, 0.25) is 0 Å². The molecule has 0 unspecified atom stereocenters. The minimum Gasteiger partial charge on any atom is -0.507 e. The van der Waals surface area contributed by atoms with E-state index in [1.165, 1.54) is 4.90 Å². The Bertz CT molecular complexity index is 2380. The summed E-state index contributed by atoms with van der Waals surface area (Å²) in [5.74, 6) is 0.237. The number of β-amino-alcohol motifs (C(OH)–C–C–N with tert-alkyl or cyclic N) is 1. The highest BCUT2D eigenvalue weighted by Crippen LogP contribution is 2.38. The van der Waals surface area contributed by atoms with Crippen LogP contribution in [0.25, 0.3) is 32.7 Å². The number of hydrogen-bond donors (Lipinski definition) is 4. The van der Waals surface area contributed by atoms with Gasteiger partial charge in [0.2, 0.25) is 11.8 Å². The zero-order chi connectivity index (χ0) is 39.8. The van der Waals surface area contributed by atoms with E-state index >= 15 is 0 Å². The molecule has 57 heavy (non-hydrogen) atoms. The molecule has 2 amide bonds. The molecule has 0 radical (unpaired) electrons. The van der Waals surface area contributed by atoms with E-state index in [0.717, 1.165) is 45.9 Å². The summed E-state index contributed by atoms with van der Waals surface area (Å²) in [6.07, 6.45) is -0.683. The summed E-state index contributed by atoms with van der Waals surface area (Å²) in [6.45, 7) is 10.7. The quantitative estimate of drug-likeness (QED) is 0.117. The first kappa shape index (κ1) is 38.2. The molecule has 4 N–H and O–H groups in total. The van der Waals surface area contributed by atoms with E-state index in [2.05, 4.69) is 41.6 Å². The van der Waals surface area contributed by atoms with Crippen molar-refractivity contribution in [3.8, 4) is 33.3 Å². The molecule has 15 heteroatoms. The summed E-state index contributed by atoms with van der Waals surface area (Å²) in [7, 11) is 0. The van der Waals surface area contributed by atoms with Crippen LogP contribution in [0.4, 0.5) is 0 Å². The summed E-state index contributed by atoms with van der Waals surface area (Å²) in [5.41, 5.74) is 6.68. The summed E-state index contributed by atoms with van der Waals surface area (Å²) >= 11 is 1.59. The lowest BCUT2D eigenvalue weighted by Gasteiger charge is -2.38. The second-order valence-corrected chi connectivity index (χ2v) is 16.4. The summed E-state index contributed by atoms with van der Waals surface area (Å²) in [4.78, 5) is 40.5. The number of aromatic hydroxyl groups is 1. The molecule has 2 aromatic carbocycles. The SMILES string of the molecule is Cc1ncsc1-c1ccc(CNC(=O)[C@@H]2C[C@@H](O)CN2C(=O)[C@](C)(c2cc(OCCN3CC(c4cc5cc(-c6ccccc6O)nnc5[nH]4)C3)no2)C(C)C)cc1. The number of thiazole rings is 1. The van der Waals surface area contributed by atoms with Crippen LogP contribution in [-0.2, 0) is 21.5 Å². The number of aliphatic hydroxyl groups is 1. The van der Waals surface area contributed by atoms with Gasteiger partial charge in [-0.3, -0.25) is 14.5 Å². The Morgan fingerprint density at radius 2 is 1.88 bits per heavy atom. The zero-order valence-corrected chi connectivity index (χ0v) is 33.1. The van der Waals surface area contributed by atoms with Crippen molar-refractivity contribution in [2.75, 3.05) is 32.8 Å². The number of aromatic amines is 1. The Kier molecular flexibility index (Phi) is 10.5. The number of rotatable bonds is 13. The number of aromatic nitrogens is 5. The summed E-state index contributed by atoms with van der Waals surface area (Å²) in [5, 5.41) is 37.6. The van der Waals surface area contributed by atoms with Crippen LogP contribution in [0.3, 0.4) is 0 Å². The zero-order valence-electron chi connectivity index (χ0n) is 32.3. The van der Waals surface area contributed by atoms with Crippen LogP contribution in [-0.4, -0.2) is 102 Å². The van der Waals surface area contributed by atoms with E-state index in [-0.39, 0.29) is 42.3 Å². The monoisotopic (exact) mass is 790 g/mol. The third kappa shape index (κ3) is 7.62. The maximum absolute atomic E-state index is 14.4. The van der Waals surface area contributed by atoms with Gasteiger partial charge in [-0.05, 0) is 60.3 Å². The number of H-pyrrole nitrogens is 1. The highest BCUT2D eigenvalue weighted by Gasteiger charge is 2.50. The number of likely N-dealkylation sites (tertiary alicyclic amines) is 2. The fraction of sp³-hybridized carbons (Fsp3) is 0.381. The molecule has 2 aliphatic heterocycles. The molecule has 6 heterocycles. The van der Waals surface area contributed by atoms with Gasteiger partial charge in [0, 0.05) is 67.8 Å².